The number of nitrogens with one attached hydrogen (secondary N) is 1. The number of ether oxygens (including phenoxy) is 1. The van der Waals surface area contributed by atoms with Crippen molar-refractivity contribution in [3.05, 3.63) is 42.0 Å². The van der Waals surface area contributed by atoms with E-state index in [9.17, 15) is 4.79 Å². The van der Waals surface area contributed by atoms with Crippen molar-refractivity contribution in [2.24, 2.45) is 0 Å². The van der Waals surface area contributed by atoms with Gasteiger partial charge in [-0.15, -0.1) is 0 Å². The number of carbonyl (C=O) groups is 1. The minimum atomic E-state index is -0.982. The van der Waals surface area contributed by atoms with Gasteiger partial charge in [-0.25, -0.2) is 0 Å². The Kier molecular flexibility index (Phi) is 4.02. The average molecular weight is 259 g/mol. The zero-order valence-corrected chi connectivity index (χ0v) is 11.0. The van der Waals surface area contributed by atoms with Crippen molar-refractivity contribution in [3.63, 3.8) is 0 Å². The number of aliphatic hydroxyl groups excluding tert-OH is 1. The number of amides is 1. The number of aliphatic hydroxyl groups is 1. The third kappa shape index (κ3) is 3.23. The Morgan fingerprint density at radius 1 is 1.26 bits per heavy atom. The average Bonchev–Trinajstić information content (AvgIpc) is 2.43. The molecule has 4 nitrogen and oxygen atoms in total. The Balaban J connectivity index is 2.15. The Labute approximate surface area is 112 Å². The van der Waals surface area contributed by atoms with Crippen LogP contribution >= 0.6 is 0 Å². The predicted octanol–water partition coefficient (Wildman–Crippen LogP) is 1.85. The van der Waals surface area contributed by atoms with Gasteiger partial charge in [0.25, 0.3) is 0 Å². The van der Waals surface area contributed by atoms with Gasteiger partial charge in [0.15, 0.2) is 0 Å². The highest BCUT2D eigenvalue weighted by atomic mass is 16.5. The lowest BCUT2D eigenvalue weighted by Crippen LogP contribution is -2.31. The second kappa shape index (κ2) is 5.71. The van der Waals surface area contributed by atoms with E-state index >= 15 is 0 Å². The molecule has 2 N–H and O–H groups in total. The van der Waals surface area contributed by atoms with Gasteiger partial charge >= 0.3 is 0 Å². The van der Waals surface area contributed by atoms with E-state index in [1.165, 1.54) is 6.92 Å². The third-order valence-corrected chi connectivity index (χ3v) is 2.96. The van der Waals surface area contributed by atoms with Gasteiger partial charge in [-0.05, 0) is 41.5 Å². The van der Waals surface area contributed by atoms with E-state index in [2.05, 4.69) is 5.32 Å². The molecule has 0 heterocycles. The highest BCUT2D eigenvalue weighted by Gasteiger charge is 2.07. The van der Waals surface area contributed by atoms with Crippen molar-refractivity contribution >= 4 is 16.7 Å². The first-order chi connectivity index (χ1) is 9.10. The summed E-state index contributed by atoms with van der Waals surface area (Å²) < 4.78 is 5.17. The Morgan fingerprint density at radius 3 is 2.63 bits per heavy atom. The molecule has 0 aromatic heterocycles. The van der Waals surface area contributed by atoms with Crippen LogP contribution in [0.4, 0.5) is 0 Å². The lowest BCUT2D eigenvalue weighted by Gasteiger charge is -2.08. The summed E-state index contributed by atoms with van der Waals surface area (Å²) in [5.41, 5.74) is 0.992. The highest BCUT2D eigenvalue weighted by Crippen LogP contribution is 2.21. The first-order valence-corrected chi connectivity index (χ1v) is 6.12. The summed E-state index contributed by atoms with van der Waals surface area (Å²) in [5.74, 6) is 0.456. The van der Waals surface area contributed by atoms with Gasteiger partial charge in [0.2, 0.25) is 5.91 Å². The minimum Gasteiger partial charge on any atom is -0.497 e. The standard InChI is InChI=1S/C15H17NO3/c1-10(17)15(18)16-9-11-3-4-13-8-14(19-2)6-5-12(13)7-11/h3-8,10,17H,9H2,1-2H3,(H,16,18). The van der Waals surface area contributed by atoms with Crippen molar-refractivity contribution in [2.75, 3.05) is 7.11 Å². The molecule has 2 rings (SSSR count). The van der Waals surface area contributed by atoms with Crippen LogP contribution in [0.1, 0.15) is 12.5 Å². The molecule has 0 aliphatic carbocycles. The molecule has 2 aromatic rings. The molecule has 0 spiro atoms. The van der Waals surface area contributed by atoms with Crippen molar-refractivity contribution in [2.45, 2.75) is 19.6 Å². The largest absolute Gasteiger partial charge is 0.497 e. The summed E-state index contributed by atoms with van der Waals surface area (Å²) in [5, 5.41) is 13.9. The topological polar surface area (TPSA) is 58.6 Å². The van der Waals surface area contributed by atoms with Crippen LogP contribution < -0.4 is 10.1 Å². The first kappa shape index (κ1) is 13.4. The van der Waals surface area contributed by atoms with Gasteiger partial charge in [-0.2, -0.15) is 0 Å². The van der Waals surface area contributed by atoms with Crippen LogP contribution in [0, 0.1) is 0 Å². The molecule has 2 aromatic carbocycles. The van der Waals surface area contributed by atoms with Crippen LogP contribution in [0.5, 0.6) is 5.75 Å². The quantitative estimate of drug-likeness (QED) is 0.881. The number of methoxy groups -OCH3 is 1. The van der Waals surface area contributed by atoms with Crippen LogP contribution in [0.3, 0.4) is 0 Å². The SMILES string of the molecule is COc1ccc2cc(CNC(=O)C(C)O)ccc2c1. The number of rotatable bonds is 4. The number of fused-ring (bicyclic) bond motifs is 1. The van der Waals surface area contributed by atoms with Gasteiger partial charge in [-0.3, -0.25) is 4.79 Å². The maximum Gasteiger partial charge on any atom is 0.248 e. The van der Waals surface area contributed by atoms with E-state index in [0.717, 1.165) is 22.1 Å². The molecule has 0 saturated heterocycles. The van der Waals surface area contributed by atoms with Crippen molar-refractivity contribution in [3.8, 4) is 5.75 Å². The van der Waals surface area contributed by atoms with Crippen molar-refractivity contribution in [1.82, 2.24) is 5.32 Å². The molecule has 1 unspecified atom stereocenters. The summed E-state index contributed by atoms with van der Waals surface area (Å²) in [6.07, 6.45) is -0.982. The molecule has 0 aliphatic rings. The van der Waals surface area contributed by atoms with E-state index in [0.29, 0.717) is 6.54 Å². The van der Waals surface area contributed by atoms with Gasteiger partial charge in [0.1, 0.15) is 11.9 Å². The fourth-order valence-corrected chi connectivity index (χ4v) is 1.85. The molecule has 1 atom stereocenters. The molecule has 19 heavy (non-hydrogen) atoms. The van der Waals surface area contributed by atoms with Crippen molar-refractivity contribution in [1.29, 1.82) is 0 Å². The maximum atomic E-state index is 11.3. The van der Waals surface area contributed by atoms with Crippen LogP contribution in [0.2, 0.25) is 0 Å². The zero-order valence-electron chi connectivity index (χ0n) is 11.0. The molecular weight excluding hydrogens is 242 g/mol. The van der Waals surface area contributed by atoms with Crippen LogP contribution in [0.25, 0.3) is 10.8 Å². The van der Waals surface area contributed by atoms with Gasteiger partial charge in [0, 0.05) is 6.54 Å². The fourth-order valence-electron chi connectivity index (χ4n) is 1.85. The van der Waals surface area contributed by atoms with Crippen molar-refractivity contribution < 1.29 is 14.6 Å². The molecule has 0 radical (unpaired) electrons. The second-order valence-corrected chi connectivity index (χ2v) is 4.44. The molecule has 0 saturated carbocycles. The molecule has 1 amide bonds. The van der Waals surface area contributed by atoms with Crippen LogP contribution in [0.15, 0.2) is 36.4 Å². The van der Waals surface area contributed by atoms with E-state index in [1.807, 2.05) is 36.4 Å². The minimum absolute atomic E-state index is 0.366. The van der Waals surface area contributed by atoms with E-state index in [-0.39, 0.29) is 5.91 Å². The van der Waals surface area contributed by atoms with Gasteiger partial charge in [0.05, 0.1) is 7.11 Å². The number of hydrogen-bond donors (Lipinski definition) is 2. The fraction of sp³-hybridized carbons (Fsp3) is 0.267. The molecule has 100 valence electrons. The summed E-state index contributed by atoms with van der Waals surface area (Å²) in [7, 11) is 1.64. The van der Waals surface area contributed by atoms with Gasteiger partial charge in [-0.1, -0.05) is 18.2 Å². The smallest absolute Gasteiger partial charge is 0.248 e. The predicted molar refractivity (Wildman–Crippen MR) is 74.0 cm³/mol. The lowest BCUT2D eigenvalue weighted by atomic mass is 10.1. The number of benzene rings is 2. The molecule has 0 fully saturated rings. The summed E-state index contributed by atoms with van der Waals surface area (Å²) in [4.78, 5) is 11.3. The number of carbonyl (C=O) groups excluding carboxylic acids is 1. The van der Waals surface area contributed by atoms with Gasteiger partial charge < -0.3 is 15.2 Å². The van der Waals surface area contributed by atoms with E-state index in [1.54, 1.807) is 7.11 Å². The third-order valence-electron chi connectivity index (χ3n) is 2.96. The monoisotopic (exact) mass is 259 g/mol. The van der Waals surface area contributed by atoms with Crippen LogP contribution in [-0.4, -0.2) is 24.2 Å². The van der Waals surface area contributed by atoms with E-state index in [4.69, 9.17) is 9.84 Å². The molecule has 4 heteroatoms. The Hall–Kier alpha value is -2.07. The summed E-state index contributed by atoms with van der Waals surface area (Å²) in [6.45, 7) is 1.85. The highest BCUT2D eigenvalue weighted by molar-refractivity contribution is 5.85. The van der Waals surface area contributed by atoms with Crippen LogP contribution in [-0.2, 0) is 11.3 Å². The first-order valence-electron chi connectivity index (χ1n) is 6.12. The van der Waals surface area contributed by atoms with E-state index < -0.39 is 6.10 Å². The normalized spacial score (nSPS) is 12.2. The Bertz CT molecular complexity index is 593. The summed E-state index contributed by atoms with van der Waals surface area (Å²) >= 11 is 0. The molecule has 0 aliphatic heterocycles. The zero-order chi connectivity index (χ0) is 13.8. The Morgan fingerprint density at radius 2 is 1.95 bits per heavy atom. The molecular formula is C15H17NO3. The summed E-state index contributed by atoms with van der Waals surface area (Å²) in [6, 6.07) is 11.8. The molecule has 0 bridgehead atoms. The second-order valence-electron chi connectivity index (χ2n) is 4.44. The lowest BCUT2D eigenvalue weighted by molar-refractivity contribution is -0.128. The number of hydrogen-bond acceptors (Lipinski definition) is 3. The maximum absolute atomic E-state index is 11.3.